The highest BCUT2D eigenvalue weighted by atomic mass is 16.6. The predicted octanol–water partition coefficient (Wildman–Crippen LogP) is 2.98. The number of nitrogens with one attached hydrogen (secondary N) is 1. The number of H-pyrrole nitrogens is 1. The highest BCUT2D eigenvalue weighted by Gasteiger charge is 2.18. The van der Waals surface area contributed by atoms with Crippen LogP contribution in [0.3, 0.4) is 0 Å². The molecule has 0 unspecified atom stereocenters. The van der Waals surface area contributed by atoms with Crippen molar-refractivity contribution in [2.45, 2.75) is 0 Å². The lowest BCUT2D eigenvalue weighted by atomic mass is 10.1. The second-order valence-electron chi connectivity index (χ2n) is 5.61. The number of para-hydroxylation sites is 1. The number of Topliss-reactive ketones (excluding diaryl/α,β-unsaturated/α-hetero) is 1. The van der Waals surface area contributed by atoms with Gasteiger partial charge in [0.2, 0.25) is 0 Å². The minimum absolute atomic E-state index is 0.301. The fourth-order valence-corrected chi connectivity index (χ4v) is 2.75. The number of aromatic amines is 1. The Morgan fingerprint density at radius 1 is 1.04 bits per heavy atom. The van der Waals surface area contributed by atoms with Gasteiger partial charge in [0.15, 0.2) is 23.9 Å². The Bertz CT molecular complexity index is 959. The van der Waals surface area contributed by atoms with Crippen LogP contribution < -0.4 is 9.47 Å². The van der Waals surface area contributed by atoms with Crippen molar-refractivity contribution in [2.24, 2.45) is 0 Å². The fraction of sp³-hybridized carbons (Fsp3) is 0.158. The van der Waals surface area contributed by atoms with Crippen molar-refractivity contribution >= 4 is 22.7 Å². The molecule has 1 aromatic heterocycles. The minimum atomic E-state index is -0.539. The lowest BCUT2D eigenvalue weighted by Gasteiger charge is -2.18. The Morgan fingerprint density at radius 2 is 1.84 bits per heavy atom. The van der Waals surface area contributed by atoms with Crippen LogP contribution in [0.4, 0.5) is 0 Å². The van der Waals surface area contributed by atoms with Crippen LogP contribution in [0.15, 0.2) is 48.7 Å². The predicted molar refractivity (Wildman–Crippen MR) is 90.3 cm³/mol. The van der Waals surface area contributed by atoms with Gasteiger partial charge in [-0.2, -0.15) is 0 Å². The summed E-state index contributed by atoms with van der Waals surface area (Å²) in [5.74, 6) is 0.298. The molecule has 0 aliphatic carbocycles. The molecule has 0 bridgehead atoms. The van der Waals surface area contributed by atoms with E-state index in [-0.39, 0.29) is 12.4 Å². The second-order valence-corrected chi connectivity index (χ2v) is 5.61. The Hall–Kier alpha value is -3.28. The molecule has 1 aliphatic rings. The maximum Gasteiger partial charge on any atom is 0.340 e. The van der Waals surface area contributed by atoms with Crippen molar-refractivity contribution in [3.63, 3.8) is 0 Å². The monoisotopic (exact) mass is 337 g/mol. The van der Waals surface area contributed by atoms with Gasteiger partial charge < -0.3 is 19.2 Å². The SMILES string of the molecule is O=C(COC(=O)c1c[nH]c2ccccc12)c1ccc2c(c1)OCCO2. The molecule has 0 saturated carbocycles. The zero-order valence-corrected chi connectivity index (χ0v) is 13.3. The van der Waals surface area contributed by atoms with Gasteiger partial charge in [-0.1, -0.05) is 18.2 Å². The molecule has 126 valence electrons. The van der Waals surface area contributed by atoms with Crippen LogP contribution in [0.2, 0.25) is 0 Å². The summed E-state index contributed by atoms with van der Waals surface area (Å²) in [6.07, 6.45) is 1.58. The first kappa shape index (κ1) is 15.3. The summed E-state index contributed by atoms with van der Waals surface area (Å²) in [6.45, 7) is 0.598. The standard InChI is InChI=1S/C19H15NO5/c21-16(12-5-6-17-18(9-12)24-8-7-23-17)11-25-19(22)14-10-20-15-4-2-1-3-13(14)15/h1-6,9-10,20H,7-8,11H2. The molecule has 4 rings (SSSR count). The van der Waals surface area contributed by atoms with E-state index in [0.717, 1.165) is 10.9 Å². The number of carbonyl (C=O) groups is 2. The van der Waals surface area contributed by atoms with Gasteiger partial charge in [0.1, 0.15) is 13.2 Å². The van der Waals surface area contributed by atoms with E-state index in [2.05, 4.69) is 4.98 Å². The third-order valence-corrected chi connectivity index (χ3v) is 4.01. The number of benzene rings is 2. The number of fused-ring (bicyclic) bond motifs is 2. The molecule has 6 nitrogen and oxygen atoms in total. The molecular formula is C19H15NO5. The van der Waals surface area contributed by atoms with E-state index in [1.807, 2.05) is 24.3 Å². The number of rotatable bonds is 4. The topological polar surface area (TPSA) is 77.6 Å². The number of hydrogen-bond donors (Lipinski definition) is 1. The molecule has 6 heteroatoms. The second kappa shape index (κ2) is 6.32. The smallest absolute Gasteiger partial charge is 0.340 e. The summed E-state index contributed by atoms with van der Waals surface area (Å²) in [7, 11) is 0. The number of esters is 1. The third kappa shape index (κ3) is 2.94. The van der Waals surface area contributed by atoms with Crippen LogP contribution in [0.25, 0.3) is 10.9 Å². The van der Waals surface area contributed by atoms with Crippen molar-refractivity contribution < 1.29 is 23.8 Å². The number of carbonyl (C=O) groups excluding carboxylic acids is 2. The molecule has 0 atom stereocenters. The number of hydrogen-bond acceptors (Lipinski definition) is 5. The van der Waals surface area contributed by atoms with Crippen LogP contribution >= 0.6 is 0 Å². The molecule has 1 N–H and O–H groups in total. The summed E-state index contributed by atoms with van der Waals surface area (Å²) in [6, 6.07) is 12.3. The average molecular weight is 337 g/mol. The number of ketones is 1. The number of ether oxygens (including phenoxy) is 3. The Labute approximate surface area is 143 Å². The van der Waals surface area contributed by atoms with E-state index in [9.17, 15) is 9.59 Å². The molecule has 0 fully saturated rings. The Morgan fingerprint density at radius 3 is 2.72 bits per heavy atom. The molecule has 0 saturated heterocycles. The first-order valence-electron chi connectivity index (χ1n) is 7.88. The van der Waals surface area contributed by atoms with E-state index in [1.165, 1.54) is 0 Å². The molecular weight excluding hydrogens is 322 g/mol. The van der Waals surface area contributed by atoms with Crippen molar-refractivity contribution in [3.8, 4) is 11.5 Å². The van der Waals surface area contributed by atoms with E-state index < -0.39 is 5.97 Å². The molecule has 2 heterocycles. The van der Waals surface area contributed by atoms with Crippen LogP contribution in [0, 0.1) is 0 Å². The molecule has 0 spiro atoms. The zero-order valence-electron chi connectivity index (χ0n) is 13.3. The van der Waals surface area contributed by atoms with E-state index in [0.29, 0.717) is 35.8 Å². The van der Waals surface area contributed by atoms with Crippen molar-refractivity contribution in [1.29, 1.82) is 0 Å². The third-order valence-electron chi connectivity index (χ3n) is 4.01. The van der Waals surface area contributed by atoms with Crippen molar-refractivity contribution in [3.05, 3.63) is 59.8 Å². The van der Waals surface area contributed by atoms with Gasteiger partial charge in [0.05, 0.1) is 5.56 Å². The van der Waals surface area contributed by atoms with Gasteiger partial charge in [-0.3, -0.25) is 4.79 Å². The van der Waals surface area contributed by atoms with Gasteiger partial charge in [-0.25, -0.2) is 4.79 Å². The first-order valence-corrected chi connectivity index (χ1v) is 7.88. The summed E-state index contributed by atoms with van der Waals surface area (Å²) >= 11 is 0. The zero-order chi connectivity index (χ0) is 17.2. The van der Waals surface area contributed by atoms with Gasteiger partial charge in [0, 0.05) is 22.7 Å². The fourth-order valence-electron chi connectivity index (χ4n) is 2.75. The first-order chi connectivity index (χ1) is 12.2. The normalized spacial score (nSPS) is 12.8. The molecule has 2 aromatic carbocycles. The van der Waals surface area contributed by atoms with Crippen LogP contribution in [0.5, 0.6) is 11.5 Å². The summed E-state index contributed by atoms with van der Waals surface area (Å²) in [5, 5.41) is 0.763. The van der Waals surface area contributed by atoms with Crippen LogP contribution in [0.1, 0.15) is 20.7 Å². The largest absolute Gasteiger partial charge is 0.486 e. The maximum absolute atomic E-state index is 12.3. The van der Waals surface area contributed by atoms with Gasteiger partial charge in [0.25, 0.3) is 0 Å². The van der Waals surface area contributed by atoms with Gasteiger partial charge in [-0.05, 0) is 24.3 Å². The van der Waals surface area contributed by atoms with E-state index in [4.69, 9.17) is 14.2 Å². The quantitative estimate of drug-likeness (QED) is 0.585. The number of aromatic nitrogens is 1. The molecule has 0 amide bonds. The van der Waals surface area contributed by atoms with Gasteiger partial charge in [-0.15, -0.1) is 0 Å². The molecule has 3 aromatic rings. The minimum Gasteiger partial charge on any atom is -0.486 e. The lowest BCUT2D eigenvalue weighted by molar-refractivity contribution is 0.0476. The van der Waals surface area contributed by atoms with Crippen LogP contribution in [-0.4, -0.2) is 36.6 Å². The van der Waals surface area contributed by atoms with Crippen molar-refractivity contribution in [2.75, 3.05) is 19.8 Å². The highest BCUT2D eigenvalue weighted by Crippen LogP contribution is 2.30. The highest BCUT2D eigenvalue weighted by molar-refractivity contribution is 6.05. The van der Waals surface area contributed by atoms with Crippen LogP contribution in [-0.2, 0) is 4.74 Å². The van der Waals surface area contributed by atoms with E-state index >= 15 is 0 Å². The lowest BCUT2D eigenvalue weighted by Crippen LogP contribution is -2.17. The van der Waals surface area contributed by atoms with E-state index in [1.54, 1.807) is 24.4 Å². The maximum atomic E-state index is 12.3. The van der Waals surface area contributed by atoms with Gasteiger partial charge >= 0.3 is 5.97 Å². The summed E-state index contributed by atoms with van der Waals surface area (Å²) < 4.78 is 16.1. The summed E-state index contributed by atoms with van der Waals surface area (Å²) in [5.41, 5.74) is 1.66. The Balaban J connectivity index is 1.45. The summed E-state index contributed by atoms with van der Waals surface area (Å²) in [4.78, 5) is 27.5. The average Bonchev–Trinajstić information content (AvgIpc) is 3.09. The van der Waals surface area contributed by atoms with Crippen molar-refractivity contribution in [1.82, 2.24) is 4.98 Å². The Kier molecular flexibility index (Phi) is 3.85. The molecule has 0 radical (unpaired) electrons. The molecule has 1 aliphatic heterocycles. The molecule has 25 heavy (non-hydrogen) atoms.